The Hall–Kier alpha value is -2.44. The standard InChI is InChI=1S/C14H16N4O3/c1-8(14-17-12(18-21-14)9-3-4-9)16-13(19)10-5-6-11(20-2)15-7-10/h5-9H,3-4H2,1-2H3,(H,16,19)/t8-/m0/s1. The van der Waals surface area contributed by atoms with Crippen LogP contribution in [0.2, 0.25) is 0 Å². The van der Waals surface area contributed by atoms with E-state index in [-0.39, 0.29) is 11.9 Å². The van der Waals surface area contributed by atoms with Gasteiger partial charge in [0.05, 0.1) is 12.7 Å². The van der Waals surface area contributed by atoms with Crippen molar-refractivity contribution in [2.45, 2.75) is 31.7 Å². The van der Waals surface area contributed by atoms with Crippen molar-refractivity contribution in [3.63, 3.8) is 0 Å². The van der Waals surface area contributed by atoms with Crippen molar-refractivity contribution in [3.8, 4) is 5.88 Å². The van der Waals surface area contributed by atoms with Crippen molar-refractivity contribution in [3.05, 3.63) is 35.6 Å². The van der Waals surface area contributed by atoms with Gasteiger partial charge in [0, 0.05) is 18.2 Å². The summed E-state index contributed by atoms with van der Waals surface area (Å²) in [5.41, 5.74) is 0.449. The molecule has 0 saturated heterocycles. The van der Waals surface area contributed by atoms with Crippen LogP contribution in [0.15, 0.2) is 22.9 Å². The summed E-state index contributed by atoms with van der Waals surface area (Å²) in [4.78, 5) is 20.4. The molecule has 7 nitrogen and oxygen atoms in total. The molecule has 1 saturated carbocycles. The average Bonchev–Trinajstić information content (AvgIpc) is 3.24. The molecule has 1 atom stereocenters. The number of methoxy groups -OCH3 is 1. The van der Waals surface area contributed by atoms with Crippen molar-refractivity contribution >= 4 is 5.91 Å². The molecule has 7 heteroatoms. The second kappa shape index (κ2) is 5.51. The Morgan fingerprint density at radius 1 is 1.48 bits per heavy atom. The summed E-state index contributed by atoms with van der Waals surface area (Å²) in [6.45, 7) is 1.80. The van der Waals surface area contributed by atoms with Gasteiger partial charge in [-0.15, -0.1) is 0 Å². The van der Waals surface area contributed by atoms with Crippen molar-refractivity contribution in [2.24, 2.45) is 0 Å². The summed E-state index contributed by atoms with van der Waals surface area (Å²) < 4.78 is 10.1. The molecule has 1 amide bonds. The number of hydrogen-bond acceptors (Lipinski definition) is 6. The first-order valence-electron chi connectivity index (χ1n) is 6.82. The van der Waals surface area contributed by atoms with E-state index >= 15 is 0 Å². The third-order valence-electron chi connectivity index (χ3n) is 3.33. The molecule has 1 fully saturated rings. The predicted octanol–water partition coefficient (Wildman–Crippen LogP) is 1.84. The second-order valence-corrected chi connectivity index (χ2v) is 5.05. The highest BCUT2D eigenvalue weighted by Crippen LogP contribution is 2.38. The van der Waals surface area contributed by atoms with Crippen LogP contribution in [0.25, 0.3) is 0 Å². The molecule has 110 valence electrons. The summed E-state index contributed by atoms with van der Waals surface area (Å²) in [6.07, 6.45) is 3.68. The molecule has 0 unspecified atom stereocenters. The first kappa shape index (κ1) is 13.5. The molecule has 0 radical (unpaired) electrons. The zero-order chi connectivity index (χ0) is 14.8. The van der Waals surface area contributed by atoms with E-state index in [0.717, 1.165) is 18.7 Å². The fourth-order valence-electron chi connectivity index (χ4n) is 1.91. The molecule has 3 rings (SSSR count). The van der Waals surface area contributed by atoms with Gasteiger partial charge in [-0.05, 0) is 25.8 Å². The molecular formula is C14H16N4O3. The zero-order valence-electron chi connectivity index (χ0n) is 11.9. The van der Waals surface area contributed by atoms with Crippen LogP contribution < -0.4 is 10.1 Å². The Balaban J connectivity index is 1.64. The van der Waals surface area contributed by atoms with Crippen molar-refractivity contribution in [2.75, 3.05) is 7.11 Å². The van der Waals surface area contributed by atoms with Gasteiger partial charge in [-0.2, -0.15) is 4.98 Å². The van der Waals surface area contributed by atoms with E-state index < -0.39 is 0 Å². The maximum atomic E-state index is 12.1. The van der Waals surface area contributed by atoms with Crippen LogP contribution >= 0.6 is 0 Å². The number of aromatic nitrogens is 3. The average molecular weight is 288 g/mol. The normalized spacial score (nSPS) is 15.5. The number of ether oxygens (including phenoxy) is 1. The van der Waals surface area contributed by atoms with Gasteiger partial charge in [0.25, 0.3) is 5.91 Å². The highest BCUT2D eigenvalue weighted by Gasteiger charge is 2.29. The SMILES string of the molecule is COc1ccc(C(=O)N[C@@H](C)c2nc(C3CC3)no2)cn1. The Morgan fingerprint density at radius 2 is 2.29 bits per heavy atom. The van der Waals surface area contributed by atoms with Crippen LogP contribution in [-0.2, 0) is 0 Å². The molecule has 1 aliphatic carbocycles. The maximum absolute atomic E-state index is 12.1. The van der Waals surface area contributed by atoms with Gasteiger partial charge in [0.1, 0.15) is 6.04 Å². The largest absolute Gasteiger partial charge is 0.481 e. The number of carbonyl (C=O) groups excluding carboxylic acids is 1. The molecule has 2 aromatic heterocycles. The smallest absolute Gasteiger partial charge is 0.253 e. The molecule has 0 bridgehead atoms. The minimum absolute atomic E-state index is 0.246. The number of hydrogen-bond donors (Lipinski definition) is 1. The summed E-state index contributed by atoms with van der Waals surface area (Å²) in [7, 11) is 1.52. The van der Waals surface area contributed by atoms with Gasteiger partial charge in [-0.1, -0.05) is 5.16 Å². The lowest BCUT2D eigenvalue weighted by Gasteiger charge is -2.09. The molecule has 0 spiro atoms. The highest BCUT2D eigenvalue weighted by atomic mass is 16.5. The van der Waals surface area contributed by atoms with E-state index in [1.54, 1.807) is 19.1 Å². The van der Waals surface area contributed by atoms with Crippen molar-refractivity contribution < 1.29 is 14.1 Å². The van der Waals surface area contributed by atoms with E-state index in [2.05, 4.69) is 20.4 Å². The van der Waals surface area contributed by atoms with E-state index in [0.29, 0.717) is 23.3 Å². The summed E-state index contributed by atoms with van der Waals surface area (Å²) >= 11 is 0. The Morgan fingerprint density at radius 3 is 2.90 bits per heavy atom. The van der Waals surface area contributed by atoms with Crippen molar-refractivity contribution in [1.82, 2.24) is 20.4 Å². The van der Waals surface area contributed by atoms with Crippen LogP contribution in [-0.4, -0.2) is 28.1 Å². The van der Waals surface area contributed by atoms with E-state index in [4.69, 9.17) is 9.26 Å². The maximum Gasteiger partial charge on any atom is 0.253 e. The molecule has 0 aromatic carbocycles. The molecule has 2 heterocycles. The monoisotopic (exact) mass is 288 g/mol. The number of amides is 1. The molecule has 1 N–H and O–H groups in total. The van der Waals surface area contributed by atoms with Crippen molar-refractivity contribution in [1.29, 1.82) is 0 Å². The first-order valence-corrected chi connectivity index (χ1v) is 6.82. The molecule has 21 heavy (non-hydrogen) atoms. The van der Waals surface area contributed by atoms with Crippen LogP contribution in [0.3, 0.4) is 0 Å². The van der Waals surface area contributed by atoms with Crippen LogP contribution in [0.4, 0.5) is 0 Å². The van der Waals surface area contributed by atoms with Crippen LogP contribution in [0, 0.1) is 0 Å². The predicted molar refractivity (Wildman–Crippen MR) is 72.9 cm³/mol. The number of rotatable bonds is 5. The summed E-state index contributed by atoms with van der Waals surface area (Å²) in [6, 6.07) is 2.94. The van der Waals surface area contributed by atoms with Gasteiger partial charge >= 0.3 is 0 Å². The van der Waals surface area contributed by atoms with E-state index in [1.165, 1.54) is 13.3 Å². The van der Waals surface area contributed by atoms with Gasteiger partial charge in [-0.25, -0.2) is 4.98 Å². The minimum Gasteiger partial charge on any atom is -0.481 e. The van der Waals surface area contributed by atoms with Crippen LogP contribution in [0.5, 0.6) is 5.88 Å². The first-order chi connectivity index (χ1) is 10.2. The lowest BCUT2D eigenvalue weighted by atomic mass is 10.2. The summed E-state index contributed by atoms with van der Waals surface area (Å²) in [5.74, 6) is 1.80. The molecular weight excluding hydrogens is 272 g/mol. The number of nitrogens with zero attached hydrogens (tertiary/aromatic N) is 3. The molecule has 2 aromatic rings. The van der Waals surface area contributed by atoms with Gasteiger partial charge in [-0.3, -0.25) is 4.79 Å². The molecule has 0 aliphatic heterocycles. The minimum atomic E-state index is -0.348. The van der Waals surface area contributed by atoms with E-state index in [1.807, 2.05) is 0 Å². The van der Waals surface area contributed by atoms with Gasteiger partial charge < -0.3 is 14.6 Å². The van der Waals surface area contributed by atoms with E-state index in [9.17, 15) is 4.79 Å². The zero-order valence-corrected chi connectivity index (χ0v) is 11.9. The number of pyridine rings is 1. The quantitative estimate of drug-likeness (QED) is 0.902. The fourth-order valence-corrected chi connectivity index (χ4v) is 1.91. The van der Waals surface area contributed by atoms with Crippen LogP contribution in [0.1, 0.15) is 53.8 Å². The van der Waals surface area contributed by atoms with Gasteiger partial charge in [0.15, 0.2) is 5.82 Å². The highest BCUT2D eigenvalue weighted by molar-refractivity contribution is 5.94. The number of nitrogens with one attached hydrogen (secondary N) is 1. The third-order valence-corrected chi connectivity index (χ3v) is 3.33. The lowest BCUT2D eigenvalue weighted by Crippen LogP contribution is -2.27. The van der Waals surface area contributed by atoms with Gasteiger partial charge in [0.2, 0.25) is 11.8 Å². The Labute approximate surface area is 121 Å². The number of carbonyl (C=O) groups is 1. The fraction of sp³-hybridized carbons (Fsp3) is 0.429. The second-order valence-electron chi connectivity index (χ2n) is 5.05. The lowest BCUT2D eigenvalue weighted by molar-refractivity contribution is 0.0932. The Bertz CT molecular complexity index is 634. The summed E-state index contributed by atoms with van der Waals surface area (Å²) in [5, 5.41) is 6.74. The topological polar surface area (TPSA) is 90.1 Å². The third kappa shape index (κ3) is 3.01. The Kier molecular flexibility index (Phi) is 3.55. The molecule has 1 aliphatic rings.